The van der Waals surface area contributed by atoms with Crippen LogP contribution in [0.2, 0.25) is 5.02 Å². The summed E-state index contributed by atoms with van der Waals surface area (Å²) in [6.07, 6.45) is 0.151. The van der Waals surface area contributed by atoms with E-state index >= 15 is 0 Å². The minimum Gasteiger partial charge on any atom is -0.383 e. The predicted molar refractivity (Wildman–Crippen MR) is 71.8 cm³/mol. The van der Waals surface area contributed by atoms with E-state index in [0.29, 0.717) is 9.50 Å². The van der Waals surface area contributed by atoms with Gasteiger partial charge in [-0.1, -0.05) is 27.5 Å². The summed E-state index contributed by atoms with van der Waals surface area (Å²) in [5.41, 5.74) is 6.04. The Kier molecular flexibility index (Phi) is 3.85. The van der Waals surface area contributed by atoms with Gasteiger partial charge in [0.25, 0.3) is 0 Å². The van der Waals surface area contributed by atoms with E-state index in [4.69, 9.17) is 17.3 Å². The van der Waals surface area contributed by atoms with E-state index in [0.717, 1.165) is 0 Å². The molecule has 3 N–H and O–H groups in total. The van der Waals surface area contributed by atoms with Gasteiger partial charge in [-0.15, -0.1) is 0 Å². The zero-order valence-corrected chi connectivity index (χ0v) is 11.4. The molecule has 3 nitrogen and oxygen atoms in total. The molecule has 6 heteroatoms. The molecule has 0 radical (unpaired) electrons. The van der Waals surface area contributed by atoms with Crippen molar-refractivity contribution in [2.45, 2.75) is 6.10 Å². The average Bonchev–Trinajstić information content (AvgIpc) is 2.34. The molecule has 0 aliphatic carbocycles. The molecule has 1 heterocycles. The minimum atomic E-state index is -1.21. The van der Waals surface area contributed by atoms with Gasteiger partial charge < -0.3 is 10.8 Å². The van der Waals surface area contributed by atoms with Crippen molar-refractivity contribution in [3.8, 4) is 0 Å². The third kappa shape index (κ3) is 2.63. The summed E-state index contributed by atoms with van der Waals surface area (Å²) in [4.78, 5) is 3.83. The molecule has 1 aromatic carbocycles. The summed E-state index contributed by atoms with van der Waals surface area (Å²) in [6, 6.07) is 5.76. The van der Waals surface area contributed by atoms with Crippen LogP contribution in [-0.4, -0.2) is 10.1 Å². The molecule has 2 rings (SSSR count). The maximum Gasteiger partial charge on any atom is 0.129 e. The van der Waals surface area contributed by atoms with Crippen LogP contribution >= 0.6 is 27.5 Å². The molecule has 0 aliphatic rings. The Balaban J connectivity index is 2.50. The second-order valence-electron chi connectivity index (χ2n) is 3.70. The number of nitrogens with zero attached hydrogens (tertiary/aromatic N) is 1. The fourth-order valence-corrected chi connectivity index (χ4v) is 2.12. The van der Waals surface area contributed by atoms with Crippen molar-refractivity contribution in [1.29, 1.82) is 0 Å². The van der Waals surface area contributed by atoms with Gasteiger partial charge in [0.1, 0.15) is 17.7 Å². The summed E-state index contributed by atoms with van der Waals surface area (Å²) >= 11 is 9.01. The summed E-state index contributed by atoms with van der Waals surface area (Å²) in [6.45, 7) is 0. The first-order chi connectivity index (χ1) is 8.49. The molecule has 0 bridgehead atoms. The van der Waals surface area contributed by atoms with E-state index in [2.05, 4.69) is 20.9 Å². The van der Waals surface area contributed by atoms with E-state index in [1.807, 2.05) is 0 Å². The number of benzene rings is 1. The first-order valence-corrected chi connectivity index (χ1v) is 6.20. The van der Waals surface area contributed by atoms with E-state index in [9.17, 15) is 9.50 Å². The number of aliphatic hydroxyl groups is 1. The molecule has 0 spiro atoms. The Labute approximate surface area is 117 Å². The summed E-state index contributed by atoms with van der Waals surface area (Å²) in [5, 5.41) is 10.5. The van der Waals surface area contributed by atoms with Crippen LogP contribution in [0.3, 0.4) is 0 Å². The van der Waals surface area contributed by atoms with Crippen molar-refractivity contribution in [3.05, 3.63) is 56.9 Å². The maximum absolute atomic E-state index is 13.7. The van der Waals surface area contributed by atoms with Crippen molar-refractivity contribution >= 4 is 33.3 Å². The van der Waals surface area contributed by atoms with Crippen molar-refractivity contribution in [3.63, 3.8) is 0 Å². The van der Waals surface area contributed by atoms with Gasteiger partial charge in [0, 0.05) is 21.8 Å². The van der Waals surface area contributed by atoms with Crippen molar-refractivity contribution in [2.24, 2.45) is 0 Å². The Morgan fingerprint density at radius 3 is 2.78 bits per heavy atom. The number of rotatable bonds is 2. The lowest BCUT2D eigenvalue weighted by molar-refractivity contribution is 0.215. The number of aliphatic hydroxyl groups excluding tert-OH is 1. The van der Waals surface area contributed by atoms with Crippen LogP contribution in [0, 0.1) is 5.82 Å². The number of hydrogen-bond donors (Lipinski definition) is 2. The maximum atomic E-state index is 13.7. The fraction of sp³-hybridized carbons (Fsp3) is 0.0833. The molecule has 18 heavy (non-hydrogen) atoms. The van der Waals surface area contributed by atoms with Crippen molar-refractivity contribution in [1.82, 2.24) is 4.98 Å². The zero-order chi connectivity index (χ0) is 13.3. The van der Waals surface area contributed by atoms with Gasteiger partial charge in [-0.05, 0) is 24.3 Å². The van der Waals surface area contributed by atoms with Crippen LogP contribution < -0.4 is 5.73 Å². The molecule has 1 atom stereocenters. The number of nitrogen functional groups attached to an aromatic ring is 1. The SMILES string of the molecule is Nc1ncc(Cl)cc1C(O)c1cc(Br)ccc1F. The summed E-state index contributed by atoms with van der Waals surface area (Å²) in [7, 11) is 0. The minimum absolute atomic E-state index is 0.111. The number of anilines is 1. The second-order valence-corrected chi connectivity index (χ2v) is 5.05. The lowest BCUT2D eigenvalue weighted by Crippen LogP contribution is -2.07. The Bertz CT molecular complexity index is 543. The monoisotopic (exact) mass is 330 g/mol. The molecular weight excluding hydrogens is 322 g/mol. The lowest BCUT2D eigenvalue weighted by atomic mass is 10.0. The standard InChI is InChI=1S/C12H9BrClFN2O/c13-6-1-2-10(15)8(3-6)11(18)9-4-7(14)5-17-12(9)16/h1-5,11,18H,(H2,16,17). The third-order valence-electron chi connectivity index (χ3n) is 2.46. The number of halogens is 3. The number of nitrogens with two attached hydrogens (primary N) is 1. The van der Waals surface area contributed by atoms with Crippen molar-refractivity contribution < 1.29 is 9.50 Å². The molecule has 1 unspecified atom stereocenters. The quantitative estimate of drug-likeness (QED) is 0.887. The van der Waals surface area contributed by atoms with E-state index in [-0.39, 0.29) is 16.9 Å². The van der Waals surface area contributed by atoms with Gasteiger partial charge in [0.05, 0.1) is 5.02 Å². The van der Waals surface area contributed by atoms with Crippen LogP contribution in [0.4, 0.5) is 10.2 Å². The smallest absolute Gasteiger partial charge is 0.129 e. The topological polar surface area (TPSA) is 59.1 Å². The molecule has 0 aliphatic heterocycles. The third-order valence-corrected chi connectivity index (χ3v) is 3.16. The molecule has 94 valence electrons. The highest BCUT2D eigenvalue weighted by atomic mass is 79.9. The highest BCUT2D eigenvalue weighted by Gasteiger charge is 2.18. The lowest BCUT2D eigenvalue weighted by Gasteiger charge is -2.14. The number of hydrogen-bond acceptors (Lipinski definition) is 3. The molecule has 2 aromatic rings. The summed E-state index contributed by atoms with van der Waals surface area (Å²) < 4.78 is 14.3. The van der Waals surface area contributed by atoms with E-state index in [1.54, 1.807) is 6.07 Å². The van der Waals surface area contributed by atoms with E-state index in [1.165, 1.54) is 24.4 Å². The van der Waals surface area contributed by atoms with Crippen LogP contribution in [-0.2, 0) is 0 Å². The van der Waals surface area contributed by atoms with E-state index < -0.39 is 11.9 Å². The molecule has 0 amide bonds. The first kappa shape index (κ1) is 13.3. The number of aromatic nitrogens is 1. The van der Waals surface area contributed by atoms with Crippen LogP contribution in [0.1, 0.15) is 17.2 Å². The average molecular weight is 332 g/mol. The molecule has 0 saturated heterocycles. The van der Waals surface area contributed by atoms with Gasteiger partial charge in [-0.2, -0.15) is 0 Å². The van der Waals surface area contributed by atoms with Gasteiger partial charge in [0.2, 0.25) is 0 Å². The van der Waals surface area contributed by atoms with Gasteiger partial charge in [0.15, 0.2) is 0 Å². The second kappa shape index (κ2) is 5.22. The number of pyridine rings is 1. The zero-order valence-electron chi connectivity index (χ0n) is 9.07. The summed E-state index contributed by atoms with van der Waals surface area (Å²) in [5.74, 6) is -0.406. The highest BCUT2D eigenvalue weighted by Crippen LogP contribution is 2.30. The molecular formula is C12H9BrClFN2O. The first-order valence-electron chi connectivity index (χ1n) is 5.03. The fourth-order valence-electron chi connectivity index (χ4n) is 1.58. The normalized spacial score (nSPS) is 12.4. The van der Waals surface area contributed by atoms with Gasteiger partial charge in [-0.25, -0.2) is 9.37 Å². The molecule has 0 fully saturated rings. The molecule has 0 saturated carbocycles. The largest absolute Gasteiger partial charge is 0.383 e. The van der Waals surface area contributed by atoms with Crippen molar-refractivity contribution in [2.75, 3.05) is 5.73 Å². The Hall–Kier alpha value is -1.17. The van der Waals surface area contributed by atoms with Crippen LogP contribution in [0.5, 0.6) is 0 Å². The van der Waals surface area contributed by atoms with Crippen LogP contribution in [0.15, 0.2) is 34.9 Å². The van der Waals surface area contributed by atoms with Crippen LogP contribution in [0.25, 0.3) is 0 Å². The Morgan fingerprint density at radius 1 is 1.33 bits per heavy atom. The van der Waals surface area contributed by atoms with Gasteiger partial charge >= 0.3 is 0 Å². The van der Waals surface area contributed by atoms with Gasteiger partial charge in [-0.3, -0.25) is 0 Å². The predicted octanol–water partition coefficient (Wildman–Crippen LogP) is 3.30. The Morgan fingerprint density at radius 2 is 2.06 bits per heavy atom. The molecule has 1 aromatic heterocycles. The highest BCUT2D eigenvalue weighted by molar-refractivity contribution is 9.10.